The van der Waals surface area contributed by atoms with E-state index in [1.165, 1.54) is 0 Å². The highest BCUT2D eigenvalue weighted by Gasteiger charge is 2.17. The van der Waals surface area contributed by atoms with Gasteiger partial charge in [-0.25, -0.2) is 8.42 Å². The molecule has 0 unspecified atom stereocenters. The summed E-state index contributed by atoms with van der Waals surface area (Å²) in [4.78, 5) is 0. The van der Waals surface area contributed by atoms with Crippen LogP contribution < -0.4 is 0 Å². The van der Waals surface area contributed by atoms with Crippen molar-refractivity contribution >= 4 is 19.7 Å². The van der Waals surface area contributed by atoms with Gasteiger partial charge in [0.05, 0.1) is 19.0 Å². The van der Waals surface area contributed by atoms with Gasteiger partial charge in [-0.3, -0.25) is 0 Å². The summed E-state index contributed by atoms with van der Waals surface area (Å²) in [5, 5.41) is 0. The van der Waals surface area contributed by atoms with Crippen molar-refractivity contribution in [3.8, 4) is 0 Å². The van der Waals surface area contributed by atoms with Crippen molar-refractivity contribution in [1.29, 1.82) is 0 Å². The lowest BCUT2D eigenvalue weighted by Crippen LogP contribution is -2.36. The molecule has 84 valence electrons. The van der Waals surface area contributed by atoms with Gasteiger partial charge < -0.3 is 9.47 Å². The minimum atomic E-state index is -3.31. The summed E-state index contributed by atoms with van der Waals surface area (Å²) in [5.41, 5.74) is 0. The third-order valence-electron chi connectivity index (χ3n) is 1.99. The molecule has 1 rings (SSSR count). The Morgan fingerprint density at radius 2 is 2.00 bits per heavy atom. The highest BCUT2D eigenvalue weighted by molar-refractivity contribution is 8.13. The van der Waals surface area contributed by atoms with Crippen LogP contribution in [0.1, 0.15) is 19.3 Å². The molecule has 0 saturated carbocycles. The van der Waals surface area contributed by atoms with Gasteiger partial charge >= 0.3 is 0 Å². The SMILES string of the molecule is O=S(=O)(Cl)CCCCCOC1COC1. The van der Waals surface area contributed by atoms with E-state index in [1.54, 1.807) is 0 Å². The van der Waals surface area contributed by atoms with Gasteiger partial charge in [-0.2, -0.15) is 0 Å². The summed E-state index contributed by atoms with van der Waals surface area (Å²) in [6.45, 7) is 2.06. The third-order valence-corrected chi connectivity index (χ3v) is 3.23. The topological polar surface area (TPSA) is 52.6 Å². The van der Waals surface area contributed by atoms with Gasteiger partial charge in [0.1, 0.15) is 6.10 Å². The fourth-order valence-corrected chi connectivity index (χ4v) is 1.99. The molecule has 1 aliphatic heterocycles. The molecular formula is C8H15ClO4S. The molecule has 0 aromatic carbocycles. The van der Waals surface area contributed by atoms with E-state index in [0.717, 1.165) is 12.8 Å². The largest absolute Gasteiger partial charge is 0.376 e. The Kier molecular flexibility index (Phi) is 5.15. The van der Waals surface area contributed by atoms with Crippen LogP contribution >= 0.6 is 10.7 Å². The van der Waals surface area contributed by atoms with E-state index in [9.17, 15) is 8.42 Å². The molecule has 1 heterocycles. The molecule has 0 N–H and O–H groups in total. The highest BCUT2D eigenvalue weighted by Crippen LogP contribution is 2.08. The first-order chi connectivity index (χ1) is 6.58. The number of rotatable bonds is 7. The number of hydrogen-bond acceptors (Lipinski definition) is 4. The maximum Gasteiger partial charge on any atom is 0.232 e. The van der Waals surface area contributed by atoms with Gasteiger partial charge in [0, 0.05) is 17.3 Å². The zero-order valence-electron chi connectivity index (χ0n) is 7.95. The average molecular weight is 243 g/mol. The zero-order chi connectivity index (χ0) is 10.4. The molecule has 0 aromatic rings. The molecule has 0 spiro atoms. The van der Waals surface area contributed by atoms with E-state index >= 15 is 0 Å². The van der Waals surface area contributed by atoms with Crippen LogP contribution in [0.15, 0.2) is 0 Å². The van der Waals surface area contributed by atoms with Gasteiger partial charge in [0.15, 0.2) is 0 Å². The zero-order valence-corrected chi connectivity index (χ0v) is 9.52. The predicted molar refractivity (Wildman–Crippen MR) is 54.0 cm³/mol. The molecule has 6 heteroatoms. The minimum Gasteiger partial charge on any atom is -0.376 e. The lowest BCUT2D eigenvalue weighted by Gasteiger charge is -2.25. The lowest BCUT2D eigenvalue weighted by atomic mass is 10.2. The van der Waals surface area contributed by atoms with Crippen LogP contribution in [0.3, 0.4) is 0 Å². The van der Waals surface area contributed by atoms with Crippen molar-refractivity contribution in [3.63, 3.8) is 0 Å². The fraction of sp³-hybridized carbons (Fsp3) is 1.00. The molecule has 0 aliphatic carbocycles. The van der Waals surface area contributed by atoms with Crippen LogP contribution in [0.5, 0.6) is 0 Å². The van der Waals surface area contributed by atoms with Crippen molar-refractivity contribution in [1.82, 2.24) is 0 Å². The summed E-state index contributed by atoms with van der Waals surface area (Å²) in [5.74, 6) is 0.0566. The minimum absolute atomic E-state index is 0.0566. The molecular weight excluding hydrogens is 228 g/mol. The van der Waals surface area contributed by atoms with E-state index < -0.39 is 9.05 Å². The van der Waals surface area contributed by atoms with Crippen LogP contribution in [0.4, 0.5) is 0 Å². The van der Waals surface area contributed by atoms with Gasteiger partial charge in [0.25, 0.3) is 0 Å². The summed E-state index contributed by atoms with van der Waals surface area (Å²) in [6, 6.07) is 0. The summed E-state index contributed by atoms with van der Waals surface area (Å²) in [6.07, 6.45) is 2.57. The first-order valence-electron chi connectivity index (χ1n) is 4.69. The lowest BCUT2D eigenvalue weighted by molar-refractivity contribution is -0.129. The first kappa shape index (κ1) is 12.2. The number of hydrogen-bond donors (Lipinski definition) is 0. The number of ether oxygens (including phenoxy) is 2. The fourth-order valence-electron chi connectivity index (χ4n) is 1.11. The monoisotopic (exact) mass is 242 g/mol. The molecule has 0 aromatic heterocycles. The first-order valence-corrected chi connectivity index (χ1v) is 7.17. The Balaban J connectivity index is 1.84. The van der Waals surface area contributed by atoms with Crippen molar-refractivity contribution < 1.29 is 17.9 Å². The second-order valence-electron chi connectivity index (χ2n) is 3.33. The standard InChI is InChI=1S/C8H15ClO4S/c9-14(10,11)5-3-1-2-4-13-8-6-12-7-8/h8H,1-7H2. The molecule has 1 fully saturated rings. The maximum absolute atomic E-state index is 10.5. The molecule has 14 heavy (non-hydrogen) atoms. The smallest absolute Gasteiger partial charge is 0.232 e. The maximum atomic E-state index is 10.5. The summed E-state index contributed by atoms with van der Waals surface area (Å²) >= 11 is 0. The Hall–Kier alpha value is 0.160. The van der Waals surface area contributed by atoms with Crippen LogP contribution in [0.25, 0.3) is 0 Å². The Bertz CT molecular complexity index is 248. The summed E-state index contributed by atoms with van der Waals surface area (Å²) < 4.78 is 31.4. The summed E-state index contributed by atoms with van der Waals surface area (Å²) in [7, 11) is 1.74. The molecule has 0 bridgehead atoms. The second kappa shape index (κ2) is 5.90. The quantitative estimate of drug-likeness (QED) is 0.496. The van der Waals surface area contributed by atoms with Crippen LogP contribution in [0, 0.1) is 0 Å². The van der Waals surface area contributed by atoms with Gasteiger partial charge in [-0.1, -0.05) is 6.42 Å². The van der Waals surface area contributed by atoms with Crippen LogP contribution in [-0.2, 0) is 18.5 Å². The van der Waals surface area contributed by atoms with Crippen molar-refractivity contribution in [2.75, 3.05) is 25.6 Å². The predicted octanol–water partition coefficient (Wildman–Crippen LogP) is 1.14. The Labute approximate surface area is 88.9 Å². The average Bonchev–Trinajstić information content (AvgIpc) is 1.97. The van der Waals surface area contributed by atoms with Crippen molar-refractivity contribution in [2.45, 2.75) is 25.4 Å². The molecule has 0 atom stereocenters. The Morgan fingerprint density at radius 1 is 1.29 bits per heavy atom. The molecule has 0 amide bonds. The number of unbranched alkanes of at least 4 members (excludes halogenated alkanes) is 2. The third kappa shape index (κ3) is 5.80. The van der Waals surface area contributed by atoms with Gasteiger partial charge in [-0.15, -0.1) is 0 Å². The molecule has 0 radical (unpaired) electrons. The van der Waals surface area contributed by atoms with Crippen LogP contribution in [0.2, 0.25) is 0 Å². The molecule has 1 aliphatic rings. The highest BCUT2D eigenvalue weighted by atomic mass is 35.7. The number of halogens is 1. The normalized spacial score (nSPS) is 18.1. The van der Waals surface area contributed by atoms with Gasteiger partial charge in [0.2, 0.25) is 9.05 Å². The van der Waals surface area contributed by atoms with E-state index in [4.69, 9.17) is 20.2 Å². The van der Waals surface area contributed by atoms with E-state index in [1.807, 2.05) is 0 Å². The van der Waals surface area contributed by atoms with Crippen molar-refractivity contribution in [2.24, 2.45) is 0 Å². The Morgan fingerprint density at radius 3 is 2.50 bits per heavy atom. The van der Waals surface area contributed by atoms with Crippen LogP contribution in [-0.4, -0.2) is 40.1 Å². The van der Waals surface area contributed by atoms with Crippen molar-refractivity contribution in [3.05, 3.63) is 0 Å². The van der Waals surface area contributed by atoms with E-state index in [-0.39, 0.29) is 11.9 Å². The molecule has 1 saturated heterocycles. The molecule has 4 nitrogen and oxygen atoms in total. The van der Waals surface area contributed by atoms with E-state index in [0.29, 0.717) is 26.2 Å². The second-order valence-corrected chi connectivity index (χ2v) is 6.23. The van der Waals surface area contributed by atoms with E-state index in [2.05, 4.69) is 0 Å². The van der Waals surface area contributed by atoms with Gasteiger partial charge in [-0.05, 0) is 12.8 Å².